The van der Waals surface area contributed by atoms with Gasteiger partial charge in [0.25, 0.3) is 0 Å². The molecule has 1 saturated carbocycles. The molecule has 1 aromatic rings. The van der Waals surface area contributed by atoms with Gasteiger partial charge in [-0.3, -0.25) is 4.79 Å². The first-order valence-electron chi connectivity index (χ1n) is 7.45. The first-order chi connectivity index (χ1) is 10.1. The largest absolute Gasteiger partial charge is 0.409 e. The third-order valence-electron chi connectivity index (χ3n) is 4.37. The Bertz CT molecular complexity index is 519. The predicted molar refractivity (Wildman–Crippen MR) is 84.5 cm³/mol. The summed E-state index contributed by atoms with van der Waals surface area (Å²) in [5.74, 6) is -0.0745. The van der Waals surface area contributed by atoms with Crippen LogP contribution in [0.2, 0.25) is 0 Å². The number of thiophene rings is 1. The van der Waals surface area contributed by atoms with Crippen LogP contribution in [0.1, 0.15) is 49.5 Å². The van der Waals surface area contributed by atoms with Crippen LogP contribution in [0.5, 0.6) is 0 Å². The molecule has 21 heavy (non-hydrogen) atoms. The summed E-state index contributed by atoms with van der Waals surface area (Å²) in [5.41, 5.74) is 6.26. The van der Waals surface area contributed by atoms with Crippen LogP contribution < -0.4 is 11.1 Å². The molecule has 0 aromatic carbocycles. The quantitative estimate of drug-likeness (QED) is 0.338. The molecule has 0 saturated heterocycles. The zero-order valence-electron chi connectivity index (χ0n) is 12.4. The summed E-state index contributed by atoms with van der Waals surface area (Å²) < 4.78 is 0. The first-order valence-corrected chi connectivity index (χ1v) is 8.33. The lowest BCUT2D eigenvalue weighted by atomic mass is 9.72. The van der Waals surface area contributed by atoms with Crippen molar-refractivity contribution >= 4 is 23.1 Å². The van der Waals surface area contributed by atoms with Crippen molar-refractivity contribution in [1.29, 1.82) is 0 Å². The molecule has 2 rings (SSSR count). The summed E-state index contributed by atoms with van der Waals surface area (Å²) in [4.78, 5) is 13.8. The minimum atomic E-state index is -0.837. The van der Waals surface area contributed by atoms with Gasteiger partial charge in [-0.1, -0.05) is 31.3 Å². The summed E-state index contributed by atoms with van der Waals surface area (Å²) in [6, 6.07) is 2.09. The van der Waals surface area contributed by atoms with E-state index in [2.05, 4.69) is 23.5 Å². The van der Waals surface area contributed by atoms with Crippen molar-refractivity contribution in [2.45, 2.75) is 52.0 Å². The molecule has 116 valence electrons. The van der Waals surface area contributed by atoms with E-state index >= 15 is 0 Å². The summed E-state index contributed by atoms with van der Waals surface area (Å²) in [6.45, 7) is 2.62. The molecule has 1 fully saturated rings. The second-order valence-electron chi connectivity index (χ2n) is 5.53. The molecular weight excluding hydrogens is 286 g/mol. The number of nitrogens with one attached hydrogen (secondary N) is 1. The highest BCUT2D eigenvalue weighted by molar-refractivity contribution is 7.10. The summed E-state index contributed by atoms with van der Waals surface area (Å²) in [6.07, 6.45) is 5.23. The summed E-state index contributed by atoms with van der Waals surface area (Å²) in [7, 11) is 0. The fourth-order valence-electron chi connectivity index (χ4n) is 3.02. The average Bonchev–Trinajstić information content (AvgIpc) is 2.99. The number of carbonyl (C=O) groups excluding carboxylic acids is 1. The van der Waals surface area contributed by atoms with Gasteiger partial charge in [0.1, 0.15) is 5.41 Å². The SMILES string of the molecule is CCc1ccsc1CNC(=O)C1(/C(N)=N/O)CCCCC1. The smallest absolute Gasteiger partial charge is 0.234 e. The minimum absolute atomic E-state index is 0.0431. The number of carbonyl (C=O) groups is 1. The van der Waals surface area contributed by atoms with Crippen molar-refractivity contribution in [1.82, 2.24) is 5.32 Å². The standard InChI is InChI=1S/C15H23N3O2S/c1-2-11-6-9-21-12(11)10-17-14(19)15(13(16)18-20)7-4-3-5-8-15/h6,9,20H,2-5,7-8,10H2,1H3,(H2,16,18)(H,17,19). The van der Waals surface area contributed by atoms with Gasteiger partial charge in [-0.2, -0.15) is 0 Å². The molecule has 4 N–H and O–H groups in total. The number of amides is 1. The van der Waals surface area contributed by atoms with Crippen LogP contribution in [-0.4, -0.2) is 17.0 Å². The molecule has 0 unspecified atom stereocenters. The van der Waals surface area contributed by atoms with Crippen LogP contribution in [0.25, 0.3) is 0 Å². The fraction of sp³-hybridized carbons (Fsp3) is 0.600. The molecule has 0 atom stereocenters. The maximum Gasteiger partial charge on any atom is 0.234 e. The number of amidine groups is 1. The lowest BCUT2D eigenvalue weighted by Crippen LogP contribution is -2.50. The predicted octanol–water partition coefficient (Wildman–Crippen LogP) is 2.62. The summed E-state index contributed by atoms with van der Waals surface area (Å²) in [5, 5.41) is 17.2. The maximum atomic E-state index is 12.6. The van der Waals surface area contributed by atoms with E-state index in [4.69, 9.17) is 10.9 Å². The van der Waals surface area contributed by atoms with Crippen molar-refractivity contribution in [3.8, 4) is 0 Å². The highest BCUT2D eigenvalue weighted by atomic mass is 32.1. The van der Waals surface area contributed by atoms with E-state index in [0.717, 1.165) is 25.7 Å². The molecule has 1 aliphatic carbocycles. The molecule has 0 radical (unpaired) electrons. The first kappa shape index (κ1) is 15.8. The monoisotopic (exact) mass is 309 g/mol. The highest BCUT2D eigenvalue weighted by Crippen LogP contribution is 2.37. The normalized spacial score (nSPS) is 18.4. The molecular formula is C15H23N3O2S. The van der Waals surface area contributed by atoms with Crippen LogP contribution >= 0.6 is 11.3 Å². The van der Waals surface area contributed by atoms with E-state index in [1.807, 2.05) is 5.38 Å². The molecule has 6 heteroatoms. The highest BCUT2D eigenvalue weighted by Gasteiger charge is 2.43. The minimum Gasteiger partial charge on any atom is -0.409 e. The lowest BCUT2D eigenvalue weighted by molar-refractivity contribution is -0.129. The Morgan fingerprint density at radius 3 is 2.81 bits per heavy atom. The van der Waals surface area contributed by atoms with Crippen LogP contribution in [0, 0.1) is 5.41 Å². The Labute approximate surface area is 129 Å². The Hall–Kier alpha value is -1.56. The number of nitrogens with two attached hydrogens (primary N) is 1. The third-order valence-corrected chi connectivity index (χ3v) is 5.33. The van der Waals surface area contributed by atoms with Crippen molar-refractivity contribution < 1.29 is 10.0 Å². The van der Waals surface area contributed by atoms with Gasteiger partial charge in [0.15, 0.2) is 5.84 Å². The van der Waals surface area contributed by atoms with Crippen molar-refractivity contribution in [3.63, 3.8) is 0 Å². The number of oxime groups is 1. The Kier molecular flexibility index (Phi) is 5.22. The van der Waals surface area contributed by atoms with Crippen molar-refractivity contribution in [2.75, 3.05) is 0 Å². The van der Waals surface area contributed by atoms with Crippen LogP contribution in [-0.2, 0) is 17.8 Å². The molecule has 1 aromatic heterocycles. The maximum absolute atomic E-state index is 12.6. The number of hydrogen-bond donors (Lipinski definition) is 3. The molecule has 0 spiro atoms. The van der Waals surface area contributed by atoms with Crippen molar-refractivity contribution in [2.24, 2.45) is 16.3 Å². The molecule has 0 bridgehead atoms. The van der Waals surface area contributed by atoms with Gasteiger partial charge in [-0.25, -0.2) is 0 Å². The van der Waals surface area contributed by atoms with E-state index in [-0.39, 0.29) is 11.7 Å². The number of rotatable bonds is 5. The molecule has 1 amide bonds. The zero-order valence-corrected chi connectivity index (χ0v) is 13.2. The van der Waals surface area contributed by atoms with Gasteiger partial charge in [-0.05, 0) is 36.3 Å². The van der Waals surface area contributed by atoms with Crippen LogP contribution in [0.15, 0.2) is 16.6 Å². The molecule has 0 aliphatic heterocycles. The average molecular weight is 309 g/mol. The lowest BCUT2D eigenvalue weighted by Gasteiger charge is -2.34. The Balaban J connectivity index is 2.09. The fourth-order valence-corrected chi connectivity index (χ4v) is 3.93. The topological polar surface area (TPSA) is 87.7 Å². The number of nitrogens with zero attached hydrogens (tertiary/aromatic N) is 1. The van der Waals surface area contributed by atoms with Gasteiger partial charge in [-0.15, -0.1) is 11.3 Å². The van der Waals surface area contributed by atoms with Gasteiger partial charge in [0.05, 0.1) is 6.54 Å². The van der Waals surface area contributed by atoms with Gasteiger partial charge in [0.2, 0.25) is 5.91 Å². The van der Waals surface area contributed by atoms with Gasteiger partial charge >= 0.3 is 0 Å². The molecule has 5 nitrogen and oxygen atoms in total. The molecule has 1 aliphatic rings. The van der Waals surface area contributed by atoms with E-state index in [0.29, 0.717) is 19.4 Å². The Morgan fingerprint density at radius 2 is 2.19 bits per heavy atom. The van der Waals surface area contributed by atoms with E-state index in [9.17, 15) is 4.79 Å². The van der Waals surface area contributed by atoms with E-state index in [1.165, 1.54) is 10.4 Å². The van der Waals surface area contributed by atoms with Crippen molar-refractivity contribution in [3.05, 3.63) is 21.9 Å². The van der Waals surface area contributed by atoms with E-state index in [1.54, 1.807) is 11.3 Å². The molecule has 1 heterocycles. The van der Waals surface area contributed by atoms with E-state index < -0.39 is 5.41 Å². The number of hydrogen-bond acceptors (Lipinski definition) is 4. The number of aryl methyl sites for hydroxylation is 1. The second-order valence-corrected chi connectivity index (χ2v) is 6.53. The van der Waals surface area contributed by atoms with Gasteiger partial charge in [0, 0.05) is 4.88 Å². The third kappa shape index (κ3) is 3.20. The zero-order chi connectivity index (χ0) is 15.3. The van der Waals surface area contributed by atoms with Crippen LogP contribution in [0.3, 0.4) is 0 Å². The van der Waals surface area contributed by atoms with Gasteiger partial charge < -0.3 is 16.3 Å². The van der Waals surface area contributed by atoms with Crippen LogP contribution in [0.4, 0.5) is 0 Å². The second kappa shape index (κ2) is 6.93. The Morgan fingerprint density at radius 1 is 1.48 bits per heavy atom. The summed E-state index contributed by atoms with van der Waals surface area (Å²) >= 11 is 1.65.